The molecule has 4 rings (SSSR count). The molecule has 162 valence electrons. The van der Waals surface area contributed by atoms with Crippen LogP contribution in [0, 0.1) is 0 Å². The summed E-state index contributed by atoms with van der Waals surface area (Å²) >= 11 is 11.8. The Balaban J connectivity index is 1.73. The number of halogens is 2. The topological polar surface area (TPSA) is 94.8 Å². The molecule has 8 heteroatoms. The van der Waals surface area contributed by atoms with Crippen molar-refractivity contribution in [2.75, 3.05) is 5.32 Å². The average molecular weight is 469 g/mol. The number of para-hydroxylation sites is 1. The Labute approximate surface area is 194 Å². The van der Waals surface area contributed by atoms with Crippen LogP contribution in [0.5, 0.6) is 23.1 Å². The van der Waals surface area contributed by atoms with Crippen LogP contribution in [0.4, 0.5) is 11.5 Å². The highest BCUT2D eigenvalue weighted by Crippen LogP contribution is 2.39. The lowest BCUT2D eigenvalue weighted by Crippen LogP contribution is -2.07. The number of rotatable bonds is 6. The molecule has 4 aromatic rings. The van der Waals surface area contributed by atoms with Crippen molar-refractivity contribution in [1.29, 1.82) is 0 Å². The van der Waals surface area contributed by atoms with E-state index in [0.29, 0.717) is 22.2 Å². The van der Waals surface area contributed by atoms with Gasteiger partial charge in [0, 0.05) is 34.0 Å². The van der Waals surface area contributed by atoms with E-state index in [0.717, 1.165) is 5.69 Å². The Morgan fingerprint density at radius 3 is 2.25 bits per heavy atom. The van der Waals surface area contributed by atoms with Crippen LogP contribution in [-0.2, 0) is 0 Å². The number of aromatic hydroxyl groups is 2. The molecule has 1 aromatic heterocycles. The summed E-state index contributed by atoms with van der Waals surface area (Å²) in [6.45, 7) is 0. The maximum Gasteiger partial charge on any atom is 0.221 e. The van der Waals surface area contributed by atoms with E-state index in [1.807, 2.05) is 30.3 Å². The number of aliphatic hydroxyl groups excluding tert-OH is 1. The van der Waals surface area contributed by atoms with Crippen molar-refractivity contribution >= 4 is 34.7 Å². The third kappa shape index (κ3) is 4.89. The number of phenolic OH excluding ortho intramolecular Hbond substituents is 2. The van der Waals surface area contributed by atoms with Gasteiger partial charge in [-0.25, -0.2) is 0 Å². The molecule has 0 saturated carbocycles. The molecule has 0 spiro atoms. The molecule has 4 N–H and O–H groups in total. The van der Waals surface area contributed by atoms with Gasteiger partial charge in [-0.1, -0.05) is 41.4 Å². The molecule has 0 amide bonds. The second kappa shape index (κ2) is 9.36. The Morgan fingerprint density at radius 2 is 1.53 bits per heavy atom. The van der Waals surface area contributed by atoms with E-state index in [4.69, 9.17) is 27.9 Å². The van der Waals surface area contributed by atoms with Gasteiger partial charge in [0.25, 0.3) is 0 Å². The third-order valence-corrected chi connectivity index (χ3v) is 5.21. The summed E-state index contributed by atoms with van der Waals surface area (Å²) in [5.41, 5.74) is 1.17. The van der Waals surface area contributed by atoms with Gasteiger partial charge < -0.3 is 25.4 Å². The maximum absolute atomic E-state index is 11.0. The Morgan fingerprint density at radius 1 is 0.812 bits per heavy atom. The van der Waals surface area contributed by atoms with Gasteiger partial charge in [-0.05, 0) is 48.5 Å². The molecular weight excluding hydrogens is 451 g/mol. The molecule has 3 aromatic carbocycles. The highest BCUT2D eigenvalue weighted by Gasteiger charge is 2.22. The summed E-state index contributed by atoms with van der Waals surface area (Å²) in [7, 11) is 0. The SMILES string of the molecule is Oc1cc(C(O)c2ccc(Oc3ccc(Cl)cc3)nc2Nc2ccccc2)c(O)cc1Cl. The third-order valence-electron chi connectivity index (χ3n) is 4.66. The minimum absolute atomic E-state index is 0.0223. The lowest BCUT2D eigenvalue weighted by molar-refractivity contribution is 0.215. The van der Waals surface area contributed by atoms with Crippen LogP contribution < -0.4 is 10.1 Å². The van der Waals surface area contributed by atoms with Crippen molar-refractivity contribution in [1.82, 2.24) is 4.98 Å². The molecule has 0 saturated heterocycles. The second-order valence-electron chi connectivity index (χ2n) is 6.90. The summed E-state index contributed by atoms with van der Waals surface area (Å²) in [5.74, 6) is 0.620. The fourth-order valence-electron chi connectivity index (χ4n) is 3.07. The fraction of sp³-hybridized carbons (Fsp3) is 0.0417. The maximum atomic E-state index is 11.0. The van der Waals surface area contributed by atoms with Gasteiger partial charge in [-0.3, -0.25) is 0 Å². The van der Waals surface area contributed by atoms with Crippen LogP contribution in [0.2, 0.25) is 10.0 Å². The molecule has 1 unspecified atom stereocenters. The van der Waals surface area contributed by atoms with E-state index >= 15 is 0 Å². The number of ether oxygens (including phenoxy) is 1. The molecule has 0 aliphatic carbocycles. The molecule has 0 aliphatic heterocycles. The number of nitrogens with one attached hydrogen (secondary N) is 1. The molecule has 32 heavy (non-hydrogen) atoms. The molecular formula is C24H18Cl2N2O4. The van der Waals surface area contributed by atoms with Crippen LogP contribution in [0.3, 0.4) is 0 Å². The number of nitrogens with zero attached hydrogens (tertiary/aromatic N) is 1. The highest BCUT2D eigenvalue weighted by atomic mass is 35.5. The lowest BCUT2D eigenvalue weighted by Gasteiger charge is -2.19. The number of phenols is 2. The minimum atomic E-state index is -1.30. The molecule has 0 bridgehead atoms. The zero-order valence-corrected chi connectivity index (χ0v) is 18.0. The first-order valence-electron chi connectivity index (χ1n) is 9.56. The Hall–Kier alpha value is -3.45. The standard InChI is InChI=1S/C24H18Cl2N2O4/c25-14-6-8-16(9-7-14)32-22-11-10-17(24(28-22)27-15-4-2-1-3-5-15)23(31)18-12-21(30)19(26)13-20(18)29/h1-13,23,29-31H,(H,27,28). The van der Waals surface area contributed by atoms with Gasteiger partial charge in [-0.2, -0.15) is 4.98 Å². The Bertz CT molecular complexity index is 1230. The monoisotopic (exact) mass is 468 g/mol. The van der Waals surface area contributed by atoms with Crippen molar-refractivity contribution in [2.45, 2.75) is 6.10 Å². The van der Waals surface area contributed by atoms with Crippen LogP contribution in [-0.4, -0.2) is 20.3 Å². The zero-order chi connectivity index (χ0) is 22.7. The van der Waals surface area contributed by atoms with Crippen LogP contribution in [0.15, 0.2) is 78.9 Å². The van der Waals surface area contributed by atoms with Crippen LogP contribution in [0.25, 0.3) is 0 Å². The van der Waals surface area contributed by atoms with Gasteiger partial charge in [0.1, 0.15) is 29.2 Å². The van der Waals surface area contributed by atoms with E-state index in [9.17, 15) is 15.3 Å². The normalized spacial score (nSPS) is 11.7. The lowest BCUT2D eigenvalue weighted by atomic mass is 10.0. The first kappa shape index (κ1) is 21.8. The summed E-state index contributed by atoms with van der Waals surface area (Å²) in [6, 6.07) is 21.7. The summed E-state index contributed by atoms with van der Waals surface area (Å²) in [6.07, 6.45) is -1.30. The predicted octanol–water partition coefficient (Wildman–Crippen LogP) is 6.42. The van der Waals surface area contributed by atoms with Crippen LogP contribution >= 0.6 is 23.2 Å². The average Bonchev–Trinajstić information content (AvgIpc) is 2.78. The number of pyridine rings is 1. The van der Waals surface area contributed by atoms with Crippen molar-refractivity contribution < 1.29 is 20.1 Å². The van der Waals surface area contributed by atoms with Gasteiger partial charge in [-0.15, -0.1) is 0 Å². The van der Waals surface area contributed by atoms with E-state index in [2.05, 4.69) is 10.3 Å². The Kier molecular flexibility index (Phi) is 6.37. The molecule has 0 fully saturated rings. The predicted molar refractivity (Wildman–Crippen MR) is 124 cm³/mol. The molecule has 0 aliphatic rings. The van der Waals surface area contributed by atoms with Gasteiger partial charge >= 0.3 is 0 Å². The number of hydrogen-bond donors (Lipinski definition) is 4. The first-order chi connectivity index (χ1) is 15.4. The zero-order valence-electron chi connectivity index (χ0n) is 16.5. The van der Waals surface area contributed by atoms with Crippen molar-refractivity contribution in [2.24, 2.45) is 0 Å². The van der Waals surface area contributed by atoms with E-state index in [1.54, 1.807) is 36.4 Å². The summed E-state index contributed by atoms with van der Waals surface area (Å²) in [4.78, 5) is 4.51. The molecule has 0 radical (unpaired) electrons. The quantitative estimate of drug-likeness (QED) is 0.244. The molecule has 1 heterocycles. The second-order valence-corrected chi connectivity index (χ2v) is 7.74. The van der Waals surface area contributed by atoms with Gasteiger partial charge in [0.15, 0.2) is 0 Å². The molecule has 1 atom stereocenters. The number of benzene rings is 3. The largest absolute Gasteiger partial charge is 0.507 e. The number of aliphatic hydroxyl groups is 1. The van der Waals surface area contributed by atoms with Crippen molar-refractivity contribution in [3.05, 3.63) is 100 Å². The van der Waals surface area contributed by atoms with Gasteiger partial charge in [0.05, 0.1) is 5.02 Å². The smallest absolute Gasteiger partial charge is 0.221 e. The van der Waals surface area contributed by atoms with Crippen molar-refractivity contribution in [3.63, 3.8) is 0 Å². The first-order valence-corrected chi connectivity index (χ1v) is 10.3. The summed E-state index contributed by atoms with van der Waals surface area (Å²) in [5, 5.41) is 34.9. The minimum Gasteiger partial charge on any atom is -0.507 e. The number of anilines is 2. The number of hydrogen-bond acceptors (Lipinski definition) is 6. The van der Waals surface area contributed by atoms with Crippen LogP contribution in [0.1, 0.15) is 17.2 Å². The molecule has 6 nitrogen and oxygen atoms in total. The van der Waals surface area contributed by atoms with Gasteiger partial charge in [0.2, 0.25) is 5.88 Å². The van der Waals surface area contributed by atoms with E-state index in [-0.39, 0.29) is 28.0 Å². The fourth-order valence-corrected chi connectivity index (χ4v) is 3.35. The van der Waals surface area contributed by atoms with E-state index in [1.165, 1.54) is 12.1 Å². The highest BCUT2D eigenvalue weighted by molar-refractivity contribution is 6.32. The number of aromatic nitrogens is 1. The summed E-state index contributed by atoms with van der Waals surface area (Å²) < 4.78 is 5.81. The van der Waals surface area contributed by atoms with E-state index < -0.39 is 6.10 Å². The van der Waals surface area contributed by atoms with Crippen molar-refractivity contribution in [3.8, 4) is 23.1 Å².